The molecule has 2 fully saturated rings. The zero-order chi connectivity index (χ0) is 24.5. The summed E-state index contributed by atoms with van der Waals surface area (Å²) in [4.78, 5) is 37.7. The van der Waals surface area contributed by atoms with E-state index in [0.717, 1.165) is 12.8 Å². The van der Waals surface area contributed by atoms with E-state index in [1.54, 1.807) is 6.92 Å². The van der Waals surface area contributed by atoms with Crippen LogP contribution in [0.25, 0.3) is 0 Å². The Hall–Kier alpha value is -2.15. The van der Waals surface area contributed by atoms with Gasteiger partial charge in [0.2, 0.25) is 0 Å². The van der Waals surface area contributed by atoms with Gasteiger partial charge in [-0.15, -0.1) is 0 Å². The zero-order valence-electron chi connectivity index (χ0n) is 20.5. The lowest BCUT2D eigenvalue weighted by molar-refractivity contribution is -0.185. The first-order valence-corrected chi connectivity index (χ1v) is 12.9. The molecule has 4 rings (SSSR count). The van der Waals surface area contributed by atoms with Gasteiger partial charge in [-0.1, -0.05) is 32.1 Å². The van der Waals surface area contributed by atoms with Crippen molar-refractivity contribution < 1.29 is 33.7 Å². The van der Waals surface area contributed by atoms with Crippen LogP contribution in [0.3, 0.4) is 0 Å². The molecule has 7 atom stereocenters. The number of carbonyl (C=O) groups is 3. The molecule has 0 aromatic rings. The molecule has 1 saturated heterocycles. The van der Waals surface area contributed by atoms with Gasteiger partial charge < -0.3 is 19.3 Å². The average molecular weight is 475 g/mol. The van der Waals surface area contributed by atoms with E-state index in [-0.39, 0.29) is 54.9 Å². The summed E-state index contributed by atoms with van der Waals surface area (Å²) >= 11 is 0. The second kappa shape index (κ2) is 10.2. The van der Waals surface area contributed by atoms with Crippen LogP contribution in [0, 0.1) is 29.1 Å². The molecule has 188 valence electrons. The first-order valence-electron chi connectivity index (χ1n) is 12.9. The van der Waals surface area contributed by atoms with Gasteiger partial charge in [-0.05, 0) is 68.8 Å². The van der Waals surface area contributed by atoms with Gasteiger partial charge in [-0.3, -0.25) is 14.4 Å². The van der Waals surface area contributed by atoms with E-state index in [9.17, 15) is 19.5 Å². The van der Waals surface area contributed by atoms with Crippen molar-refractivity contribution in [3.63, 3.8) is 0 Å². The number of fused-ring (bicyclic) bond motifs is 1. The third-order valence-electron chi connectivity index (χ3n) is 8.18. The molecule has 0 spiro atoms. The van der Waals surface area contributed by atoms with Gasteiger partial charge in [-0.2, -0.15) is 0 Å². The van der Waals surface area contributed by atoms with Crippen LogP contribution in [0.2, 0.25) is 0 Å². The first-order chi connectivity index (χ1) is 16.2. The molecule has 1 heterocycles. The third kappa shape index (κ3) is 4.95. The summed E-state index contributed by atoms with van der Waals surface area (Å²) in [7, 11) is 0. The minimum atomic E-state index is -1.15. The number of aliphatic hydroxyl groups excluding tert-OH is 1. The number of carbonyl (C=O) groups excluding carboxylic acids is 3. The summed E-state index contributed by atoms with van der Waals surface area (Å²) in [6.07, 6.45) is 9.86. The fourth-order valence-corrected chi connectivity index (χ4v) is 6.18. The second-order valence-corrected chi connectivity index (χ2v) is 10.7. The maximum absolute atomic E-state index is 13.3. The summed E-state index contributed by atoms with van der Waals surface area (Å²) in [5.41, 5.74) is 0.0256. The van der Waals surface area contributed by atoms with Crippen molar-refractivity contribution in [1.29, 1.82) is 0 Å². The monoisotopic (exact) mass is 474 g/mol. The molecule has 0 bridgehead atoms. The molecular weight excluding hydrogens is 436 g/mol. The Kier molecular flexibility index (Phi) is 7.51. The Labute approximate surface area is 201 Å². The number of cyclic esters (lactones) is 1. The van der Waals surface area contributed by atoms with Crippen LogP contribution in [0.5, 0.6) is 0 Å². The number of hydrogen-bond acceptors (Lipinski definition) is 7. The lowest BCUT2D eigenvalue weighted by Gasteiger charge is -2.45. The standard InChI is InChI=1S/C27H38O7/c1-4-32-25(30)27(10-5-11-27)26(31)34-22-13-16(2)12-18-7-6-17(3)21(24(18)22)9-8-20-14-19(28)15-23(29)33-20/h6-7,12,16-17,19-22,24,28H,4-5,8-11,13-15H2,1-3H3/t16-,17-,19+,20+,21-,22-,24-/m0/s1. The highest BCUT2D eigenvalue weighted by Gasteiger charge is 2.55. The summed E-state index contributed by atoms with van der Waals surface area (Å²) in [6, 6.07) is 0. The molecule has 0 unspecified atom stereocenters. The van der Waals surface area contributed by atoms with Crippen molar-refractivity contribution >= 4 is 17.9 Å². The molecule has 0 aromatic carbocycles. The minimum Gasteiger partial charge on any atom is -0.465 e. The van der Waals surface area contributed by atoms with Gasteiger partial charge >= 0.3 is 17.9 Å². The van der Waals surface area contributed by atoms with Gasteiger partial charge in [0.1, 0.15) is 12.2 Å². The summed E-state index contributed by atoms with van der Waals surface area (Å²) in [6.45, 7) is 6.29. The van der Waals surface area contributed by atoms with Crippen LogP contribution in [0.1, 0.15) is 72.1 Å². The van der Waals surface area contributed by atoms with Crippen LogP contribution in [-0.4, -0.2) is 47.9 Å². The topological polar surface area (TPSA) is 99.1 Å². The summed E-state index contributed by atoms with van der Waals surface area (Å²) < 4.78 is 16.9. The summed E-state index contributed by atoms with van der Waals surface area (Å²) in [5.74, 6) is -0.481. The quantitative estimate of drug-likeness (QED) is 0.340. The molecule has 0 radical (unpaired) electrons. The number of allylic oxidation sites excluding steroid dienone is 3. The fraction of sp³-hybridized carbons (Fsp3) is 0.741. The highest BCUT2D eigenvalue weighted by atomic mass is 16.6. The van der Waals surface area contributed by atoms with Crippen molar-refractivity contribution in [2.45, 2.75) is 90.4 Å². The van der Waals surface area contributed by atoms with Crippen molar-refractivity contribution in [3.05, 3.63) is 23.8 Å². The van der Waals surface area contributed by atoms with E-state index < -0.39 is 23.5 Å². The minimum absolute atomic E-state index is 0.0312. The molecule has 1 aliphatic heterocycles. The number of hydrogen-bond donors (Lipinski definition) is 1. The number of esters is 3. The van der Waals surface area contributed by atoms with Crippen molar-refractivity contribution in [2.75, 3.05) is 6.61 Å². The lowest BCUT2D eigenvalue weighted by Crippen LogP contribution is -2.50. The maximum Gasteiger partial charge on any atom is 0.323 e. The Morgan fingerprint density at radius 2 is 1.94 bits per heavy atom. The molecule has 0 aromatic heterocycles. The third-order valence-corrected chi connectivity index (χ3v) is 8.18. The van der Waals surface area contributed by atoms with E-state index >= 15 is 0 Å². The average Bonchev–Trinajstić information content (AvgIpc) is 2.72. The Bertz CT molecular complexity index is 855. The van der Waals surface area contributed by atoms with Gasteiger partial charge in [0.25, 0.3) is 0 Å². The normalized spacial score (nSPS) is 36.4. The van der Waals surface area contributed by atoms with Crippen LogP contribution >= 0.6 is 0 Å². The first kappa shape index (κ1) is 25.0. The van der Waals surface area contributed by atoms with E-state index in [2.05, 4.69) is 32.1 Å². The molecular formula is C27H38O7. The van der Waals surface area contributed by atoms with Crippen molar-refractivity contribution in [1.82, 2.24) is 0 Å². The molecule has 3 aliphatic carbocycles. The van der Waals surface area contributed by atoms with Gasteiger partial charge in [0, 0.05) is 12.3 Å². The molecule has 7 heteroatoms. The Morgan fingerprint density at radius 1 is 1.18 bits per heavy atom. The van der Waals surface area contributed by atoms with E-state index in [4.69, 9.17) is 14.2 Å². The number of ether oxygens (including phenoxy) is 3. The van der Waals surface area contributed by atoms with E-state index in [1.807, 2.05) is 0 Å². The number of rotatable bonds is 7. The maximum atomic E-state index is 13.3. The molecule has 4 aliphatic rings. The highest BCUT2D eigenvalue weighted by Crippen LogP contribution is 2.48. The Balaban J connectivity index is 1.50. The predicted molar refractivity (Wildman–Crippen MR) is 124 cm³/mol. The SMILES string of the molecule is CCOC(=O)C1(C(=O)O[C@H]2C[C@@H](C)C=C3C=C[C@H](C)[C@H](CC[C@@H]4C[C@@H](O)CC(=O)O4)[C@H]32)CCC1. The van der Waals surface area contributed by atoms with Crippen LogP contribution in [0.15, 0.2) is 23.8 Å². The van der Waals surface area contributed by atoms with Crippen LogP contribution in [-0.2, 0) is 28.6 Å². The predicted octanol–water partition coefficient (Wildman–Crippen LogP) is 3.88. The van der Waals surface area contributed by atoms with Gasteiger partial charge in [0.05, 0.1) is 19.1 Å². The lowest BCUT2D eigenvalue weighted by atomic mass is 9.65. The zero-order valence-corrected chi connectivity index (χ0v) is 20.5. The smallest absolute Gasteiger partial charge is 0.323 e. The van der Waals surface area contributed by atoms with Crippen LogP contribution in [0.4, 0.5) is 0 Å². The second-order valence-electron chi connectivity index (χ2n) is 10.7. The van der Waals surface area contributed by atoms with Crippen molar-refractivity contribution in [2.24, 2.45) is 29.1 Å². The van der Waals surface area contributed by atoms with Crippen molar-refractivity contribution in [3.8, 4) is 0 Å². The molecule has 1 saturated carbocycles. The molecule has 1 N–H and O–H groups in total. The van der Waals surface area contributed by atoms with E-state index in [1.165, 1.54) is 5.57 Å². The van der Waals surface area contributed by atoms with Gasteiger partial charge in [-0.25, -0.2) is 0 Å². The molecule has 7 nitrogen and oxygen atoms in total. The largest absolute Gasteiger partial charge is 0.465 e. The molecule has 34 heavy (non-hydrogen) atoms. The van der Waals surface area contributed by atoms with Crippen LogP contribution < -0.4 is 0 Å². The Morgan fingerprint density at radius 3 is 2.59 bits per heavy atom. The highest BCUT2D eigenvalue weighted by molar-refractivity contribution is 6.01. The van der Waals surface area contributed by atoms with Gasteiger partial charge in [0.15, 0.2) is 5.41 Å². The molecule has 0 amide bonds. The summed E-state index contributed by atoms with van der Waals surface area (Å²) in [5, 5.41) is 9.97. The fourth-order valence-electron chi connectivity index (χ4n) is 6.18. The number of aliphatic hydroxyl groups is 1. The van der Waals surface area contributed by atoms with E-state index in [0.29, 0.717) is 32.1 Å².